The number of rotatable bonds is 2. The minimum Gasteiger partial charge on any atom is -0.382 e. The van der Waals surface area contributed by atoms with Crippen molar-refractivity contribution in [2.24, 2.45) is 0 Å². The molecule has 0 aliphatic rings. The van der Waals surface area contributed by atoms with E-state index in [1.807, 2.05) is 30.3 Å². The highest BCUT2D eigenvalue weighted by atomic mass is 79.9. The van der Waals surface area contributed by atoms with Crippen molar-refractivity contribution >= 4 is 21.7 Å². The largest absolute Gasteiger partial charge is 0.382 e. The fraction of sp³-hybridized carbons (Fsp3) is 0. The Morgan fingerprint density at radius 3 is 2.55 bits per heavy atom. The lowest BCUT2D eigenvalue weighted by atomic mass is 10.0. The Hall–Kier alpha value is -2.14. The van der Waals surface area contributed by atoms with Crippen LogP contribution < -0.4 is 5.73 Å². The number of aromatic amines is 1. The number of H-pyrrole nitrogens is 1. The van der Waals surface area contributed by atoms with Crippen LogP contribution in [0.1, 0.15) is 0 Å². The molecule has 0 unspecified atom stereocenters. The molecule has 0 aliphatic carbocycles. The number of nitrogens with two attached hydrogens (primary N) is 1. The Morgan fingerprint density at radius 2 is 1.80 bits per heavy atom. The Balaban J connectivity index is 2.24. The van der Waals surface area contributed by atoms with E-state index in [-0.39, 0.29) is 5.82 Å². The highest BCUT2D eigenvalue weighted by molar-refractivity contribution is 9.10. The Labute approximate surface area is 123 Å². The number of halogens is 2. The summed E-state index contributed by atoms with van der Waals surface area (Å²) >= 11 is 3.19. The van der Waals surface area contributed by atoms with Gasteiger partial charge in [0.25, 0.3) is 0 Å². The van der Waals surface area contributed by atoms with Crippen molar-refractivity contribution in [3.05, 3.63) is 58.8 Å². The summed E-state index contributed by atoms with van der Waals surface area (Å²) in [7, 11) is 0. The van der Waals surface area contributed by atoms with Crippen LogP contribution in [0.25, 0.3) is 22.4 Å². The minimum absolute atomic E-state index is 0.340. The lowest BCUT2D eigenvalue weighted by molar-refractivity contribution is 0.624. The summed E-state index contributed by atoms with van der Waals surface area (Å²) in [6, 6.07) is 14.7. The Morgan fingerprint density at radius 1 is 1.05 bits per heavy atom. The third-order valence-electron chi connectivity index (χ3n) is 3.08. The average Bonchev–Trinajstić information content (AvgIpc) is 2.84. The number of hydrogen-bond donors (Lipinski definition) is 2. The fourth-order valence-electron chi connectivity index (χ4n) is 2.14. The number of nitrogen functional groups attached to an aromatic ring is 1. The summed E-state index contributed by atoms with van der Waals surface area (Å²) in [4.78, 5) is 0. The van der Waals surface area contributed by atoms with Crippen molar-refractivity contribution in [2.45, 2.75) is 0 Å². The number of aromatic nitrogens is 2. The summed E-state index contributed by atoms with van der Waals surface area (Å²) in [5.41, 5.74) is 8.54. The molecule has 0 aliphatic heterocycles. The van der Waals surface area contributed by atoms with Gasteiger partial charge in [-0.1, -0.05) is 36.4 Å². The van der Waals surface area contributed by atoms with E-state index in [2.05, 4.69) is 26.1 Å². The SMILES string of the molecule is Nc1n[nH]c(-c2cccc(Br)c2F)c1-c1ccccc1. The molecule has 3 N–H and O–H groups in total. The van der Waals surface area contributed by atoms with E-state index in [1.165, 1.54) is 0 Å². The maximum atomic E-state index is 14.3. The maximum Gasteiger partial charge on any atom is 0.153 e. The number of anilines is 1. The van der Waals surface area contributed by atoms with Gasteiger partial charge in [-0.15, -0.1) is 0 Å². The molecule has 0 saturated heterocycles. The minimum atomic E-state index is -0.340. The van der Waals surface area contributed by atoms with E-state index < -0.39 is 0 Å². The molecule has 0 radical (unpaired) electrons. The van der Waals surface area contributed by atoms with Gasteiger partial charge in [0.05, 0.1) is 15.7 Å². The molecule has 100 valence electrons. The zero-order chi connectivity index (χ0) is 14.1. The fourth-order valence-corrected chi connectivity index (χ4v) is 2.51. The second kappa shape index (κ2) is 5.09. The van der Waals surface area contributed by atoms with Gasteiger partial charge < -0.3 is 5.73 Å². The van der Waals surface area contributed by atoms with Gasteiger partial charge in [-0.3, -0.25) is 5.10 Å². The van der Waals surface area contributed by atoms with E-state index in [0.29, 0.717) is 27.1 Å². The predicted octanol–water partition coefficient (Wildman–Crippen LogP) is 4.23. The zero-order valence-electron chi connectivity index (χ0n) is 10.4. The summed E-state index contributed by atoms with van der Waals surface area (Å²) in [6.07, 6.45) is 0. The smallest absolute Gasteiger partial charge is 0.153 e. The molecule has 3 aromatic rings. The van der Waals surface area contributed by atoms with Gasteiger partial charge in [-0.2, -0.15) is 5.10 Å². The first kappa shape index (κ1) is 12.9. The van der Waals surface area contributed by atoms with E-state index >= 15 is 0 Å². The molecule has 0 spiro atoms. The van der Waals surface area contributed by atoms with Crippen LogP contribution in [0.4, 0.5) is 10.2 Å². The van der Waals surface area contributed by atoms with E-state index in [1.54, 1.807) is 18.2 Å². The second-order valence-electron chi connectivity index (χ2n) is 4.33. The van der Waals surface area contributed by atoms with E-state index in [9.17, 15) is 4.39 Å². The molecular weight excluding hydrogens is 321 g/mol. The van der Waals surface area contributed by atoms with Crippen molar-refractivity contribution in [2.75, 3.05) is 5.73 Å². The van der Waals surface area contributed by atoms with Crippen molar-refractivity contribution < 1.29 is 4.39 Å². The first-order valence-electron chi connectivity index (χ1n) is 6.02. The standard InChI is InChI=1S/C15H11BrFN3/c16-11-8-4-7-10(13(11)17)14-12(15(18)20-19-14)9-5-2-1-3-6-9/h1-8H,(H3,18,19,20). The highest BCUT2D eigenvalue weighted by Gasteiger charge is 2.18. The molecule has 0 bridgehead atoms. The highest BCUT2D eigenvalue weighted by Crippen LogP contribution is 2.36. The topological polar surface area (TPSA) is 54.7 Å². The summed E-state index contributed by atoms with van der Waals surface area (Å²) in [5.74, 6) is 0.0129. The molecule has 0 amide bonds. The van der Waals surface area contributed by atoms with Crippen molar-refractivity contribution in [1.82, 2.24) is 10.2 Å². The lowest BCUT2D eigenvalue weighted by Crippen LogP contribution is -1.90. The third-order valence-corrected chi connectivity index (χ3v) is 3.69. The first-order valence-corrected chi connectivity index (χ1v) is 6.81. The van der Waals surface area contributed by atoms with E-state index in [4.69, 9.17) is 5.73 Å². The molecule has 1 heterocycles. The molecule has 0 saturated carbocycles. The molecule has 2 aromatic carbocycles. The lowest BCUT2D eigenvalue weighted by Gasteiger charge is -2.06. The molecule has 20 heavy (non-hydrogen) atoms. The number of hydrogen-bond acceptors (Lipinski definition) is 2. The third kappa shape index (κ3) is 2.10. The van der Waals surface area contributed by atoms with Gasteiger partial charge in [0.1, 0.15) is 5.82 Å². The summed E-state index contributed by atoms with van der Waals surface area (Å²) < 4.78 is 14.7. The van der Waals surface area contributed by atoms with Crippen LogP contribution in [0.15, 0.2) is 53.0 Å². The zero-order valence-corrected chi connectivity index (χ0v) is 12.0. The quantitative estimate of drug-likeness (QED) is 0.738. The molecule has 5 heteroatoms. The van der Waals surface area contributed by atoms with Crippen LogP contribution in [0.3, 0.4) is 0 Å². The van der Waals surface area contributed by atoms with E-state index in [0.717, 1.165) is 5.56 Å². The van der Waals surface area contributed by atoms with Gasteiger partial charge in [0.15, 0.2) is 5.82 Å². The Kier molecular flexibility index (Phi) is 3.28. The van der Waals surface area contributed by atoms with Crippen molar-refractivity contribution in [3.63, 3.8) is 0 Å². The van der Waals surface area contributed by atoms with Crippen LogP contribution in [-0.2, 0) is 0 Å². The number of nitrogens with one attached hydrogen (secondary N) is 1. The van der Waals surface area contributed by atoms with Crippen LogP contribution in [0, 0.1) is 5.82 Å². The molecule has 1 aromatic heterocycles. The molecule has 3 rings (SSSR count). The van der Waals surface area contributed by atoms with Gasteiger partial charge in [-0.25, -0.2) is 4.39 Å². The molecule has 0 fully saturated rings. The van der Waals surface area contributed by atoms with Gasteiger partial charge in [0.2, 0.25) is 0 Å². The van der Waals surface area contributed by atoms with Gasteiger partial charge >= 0.3 is 0 Å². The van der Waals surface area contributed by atoms with Crippen molar-refractivity contribution in [1.29, 1.82) is 0 Å². The van der Waals surface area contributed by atoms with Gasteiger partial charge in [-0.05, 0) is 33.6 Å². The maximum absolute atomic E-state index is 14.3. The van der Waals surface area contributed by atoms with Crippen LogP contribution in [0.5, 0.6) is 0 Å². The predicted molar refractivity (Wildman–Crippen MR) is 81.5 cm³/mol. The first-order chi connectivity index (χ1) is 9.68. The number of benzene rings is 2. The van der Waals surface area contributed by atoms with Crippen LogP contribution in [0.2, 0.25) is 0 Å². The van der Waals surface area contributed by atoms with Gasteiger partial charge in [0, 0.05) is 5.56 Å². The summed E-state index contributed by atoms with van der Waals surface area (Å²) in [6.45, 7) is 0. The van der Waals surface area contributed by atoms with Crippen molar-refractivity contribution in [3.8, 4) is 22.4 Å². The monoisotopic (exact) mass is 331 g/mol. The second-order valence-corrected chi connectivity index (χ2v) is 5.18. The number of nitrogens with zero attached hydrogens (tertiary/aromatic N) is 1. The molecule has 0 atom stereocenters. The van der Waals surface area contributed by atoms with Crippen LogP contribution >= 0.6 is 15.9 Å². The molecule has 3 nitrogen and oxygen atoms in total. The Bertz CT molecular complexity index is 753. The molecular formula is C15H11BrFN3. The normalized spacial score (nSPS) is 10.7. The average molecular weight is 332 g/mol. The summed E-state index contributed by atoms with van der Waals surface area (Å²) in [5, 5.41) is 6.83. The van der Waals surface area contributed by atoms with Crippen LogP contribution in [-0.4, -0.2) is 10.2 Å².